The van der Waals surface area contributed by atoms with Gasteiger partial charge in [-0.2, -0.15) is 0 Å². The van der Waals surface area contributed by atoms with E-state index < -0.39 is 6.23 Å². The first-order valence-electron chi connectivity index (χ1n) is 9.48. The Morgan fingerprint density at radius 1 is 0.793 bits per heavy atom. The highest BCUT2D eigenvalue weighted by atomic mass is 16.5. The molecule has 0 fully saturated rings. The normalized spacial score (nSPS) is 15.2. The number of hydrogen-bond donors (Lipinski definition) is 1. The Balaban J connectivity index is 1.74. The van der Waals surface area contributed by atoms with E-state index in [0.29, 0.717) is 22.3 Å². The quantitative estimate of drug-likeness (QED) is 0.527. The zero-order valence-corrected chi connectivity index (χ0v) is 15.9. The SMILES string of the molecule is CN(c1ccccc1)C1Oc2c(c(-c3ccccc3)c(O)c3ccccc23)C1=O. The molecule has 0 bridgehead atoms. The molecule has 0 spiro atoms. The van der Waals surface area contributed by atoms with E-state index >= 15 is 0 Å². The van der Waals surface area contributed by atoms with Crippen molar-refractivity contribution in [3.05, 3.63) is 90.5 Å². The van der Waals surface area contributed by atoms with Gasteiger partial charge >= 0.3 is 0 Å². The molecule has 1 aliphatic heterocycles. The lowest BCUT2D eigenvalue weighted by molar-refractivity contribution is 0.0860. The standard InChI is InChI=1S/C25H19NO3/c1-26(17-12-6-3-7-13-17)25-23(28)21-20(16-10-4-2-5-11-16)22(27)18-14-8-9-15-19(18)24(21)29-25/h2-15,25,27H,1H3. The molecular formula is C25H19NO3. The molecule has 0 saturated carbocycles. The number of carbonyl (C=O) groups excluding carboxylic acids is 1. The van der Waals surface area contributed by atoms with Gasteiger partial charge in [-0.05, 0) is 17.7 Å². The minimum absolute atomic E-state index is 0.102. The van der Waals surface area contributed by atoms with Crippen molar-refractivity contribution >= 4 is 22.2 Å². The number of benzene rings is 4. The van der Waals surface area contributed by atoms with E-state index in [0.717, 1.165) is 16.6 Å². The van der Waals surface area contributed by atoms with Gasteiger partial charge in [-0.1, -0.05) is 72.8 Å². The van der Waals surface area contributed by atoms with Crippen LogP contribution in [0.5, 0.6) is 11.5 Å². The van der Waals surface area contributed by atoms with E-state index in [4.69, 9.17) is 4.74 Å². The van der Waals surface area contributed by atoms with Gasteiger partial charge in [0.1, 0.15) is 11.5 Å². The predicted octanol–water partition coefficient (Wildman–Crippen LogP) is 5.25. The second-order valence-electron chi connectivity index (χ2n) is 7.12. The van der Waals surface area contributed by atoms with E-state index in [9.17, 15) is 9.90 Å². The summed E-state index contributed by atoms with van der Waals surface area (Å²) in [5.41, 5.74) is 2.62. The number of phenolic OH excluding ortho intramolecular Hbond substituents is 1. The van der Waals surface area contributed by atoms with Crippen LogP contribution in [0.4, 0.5) is 5.69 Å². The molecule has 4 nitrogen and oxygen atoms in total. The molecule has 1 atom stereocenters. The molecule has 4 heteroatoms. The molecule has 1 heterocycles. The van der Waals surface area contributed by atoms with Crippen LogP contribution in [0.25, 0.3) is 21.9 Å². The zero-order chi connectivity index (χ0) is 20.0. The number of phenols is 1. The summed E-state index contributed by atoms with van der Waals surface area (Å²) in [5, 5.41) is 12.5. The minimum Gasteiger partial charge on any atom is -0.507 e. The topological polar surface area (TPSA) is 49.8 Å². The monoisotopic (exact) mass is 381 g/mol. The van der Waals surface area contributed by atoms with Gasteiger partial charge in [0.25, 0.3) is 0 Å². The summed E-state index contributed by atoms with van der Waals surface area (Å²) in [6.45, 7) is 0. The number of hydrogen-bond acceptors (Lipinski definition) is 4. The number of rotatable bonds is 3. The van der Waals surface area contributed by atoms with Gasteiger partial charge in [-0.3, -0.25) is 4.79 Å². The van der Waals surface area contributed by atoms with Crippen LogP contribution in [0.1, 0.15) is 10.4 Å². The van der Waals surface area contributed by atoms with Crippen LogP contribution in [0.2, 0.25) is 0 Å². The van der Waals surface area contributed by atoms with E-state index in [1.807, 2.05) is 96.9 Å². The maximum absolute atomic E-state index is 13.5. The Bertz CT molecular complexity index is 1220. The lowest BCUT2D eigenvalue weighted by Gasteiger charge is -2.24. The van der Waals surface area contributed by atoms with E-state index in [2.05, 4.69) is 0 Å². The lowest BCUT2D eigenvalue weighted by Crippen LogP contribution is -2.39. The van der Waals surface area contributed by atoms with Crippen molar-refractivity contribution in [1.82, 2.24) is 0 Å². The molecule has 0 saturated heterocycles. The highest BCUT2D eigenvalue weighted by Crippen LogP contribution is 2.49. The van der Waals surface area contributed by atoms with E-state index in [-0.39, 0.29) is 11.5 Å². The Morgan fingerprint density at radius 3 is 2.07 bits per heavy atom. The number of para-hydroxylation sites is 1. The van der Waals surface area contributed by atoms with Crippen molar-refractivity contribution < 1.29 is 14.6 Å². The summed E-state index contributed by atoms with van der Waals surface area (Å²) in [7, 11) is 1.84. The molecule has 29 heavy (non-hydrogen) atoms. The molecule has 1 unspecified atom stereocenters. The Hall–Kier alpha value is -3.79. The van der Waals surface area contributed by atoms with Gasteiger partial charge in [0.2, 0.25) is 12.0 Å². The fourth-order valence-electron chi connectivity index (χ4n) is 3.97. The first kappa shape index (κ1) is 17.3. The van der Waals surface area contributed by atoms with Gasteiger partial charge < -0.3 is 14.7 Å². The van der Waals surface area contributed by atoms with Gasteiger partial charge in [-0.15, -0.1) is 0 Å². The molecule has 4 aromatic rings. The summed E-state index contributed by atoms with van der Waals surface area (Å²) in [4.78, 5) is 15.3. The maximum Gasteiger partial charge on any atom is 0.236 e. The Morgan fingerprint density at radius 2 is 1.38 bits per heavy atom. The fourth-order valence-corrected chi connectivity index (χ4v) is 3.97. The molecule has 4 aromatic carbocycles. The highest BCUT2D eigenvalue weighted by molar-refractivity contribution is 6.18. The number of ketones is 1. The van der Waals surface area contributed by atoms with Crippen molar-refractivity contribution in [2.75, 3.05) is 11.9 Å². The van der Waals surface area contributed by atoms with Crippen molar-refractivity contribution in [3.63, 3.8) is 0 Å². The summed E-state index contributed by atoms with van der Waals surface area (Å²) in [6, 6.07) is 26.6. The molecule has 0 amide bonds. The van der Waals surface area contributed by atoms with Crippen LogP contribution in [0, 0.1) is 0 Å². The molecule has 0 aliphatic carbocycles. The second kappa shape index (κ2) is 6.67. The number of carbonyl (C=O) groups is 1. The fraction of sp³-hybridized carbons (Fsp3) is 0.0800. The number of ether oxygens (including phenoxy) is 1. The van der Waals surface area contributed by atoms with Gasteiger partial charge in [0, 0.05) is 29.1 Å². The molecule has 142 valence electrons. The van der Waals surface area contributed by atoms with Crippen LogP contribution in [-0.2, 0) is 0 Å². The van der Waals surface area contributed by atoms with Crippen molar-refractivity contribution in [2.45, 2.75) is 6.23 Å². The zero-order valence-electron chi connectivity index (χ0n) is 15.9. The number of nitrogens with zero attached hydrogens (tertiary/aromatic N) is 1. The molecule has 1 N–H and O–H groups in total. The Labute approximate surface area is 168 Å². The summed E-state index contributed by atoms with van der Waals surface area (Å²) >= 11 is 0. The summed E-state index contributed by atoms with van der Waals surface area (Å²) < 4.78 is 6.23. The van der Waals surface area contributed by atoms with E-state index in [1.54, 1.807) is 0 Å². The first-order chi connectivity index (χ1) is 14.2. The maximum atomic E-state index is 13.5. The highest BCUT2D eigenvalue weighted by Gasteiger charge is 2.40. The second-order valence-corrected chi connectivity index (χ2v) is 7.12. The van der Waals surface area contributed by atoms with E-state index in [1.165, 1.54) is 0 Å². The minimum atomic E-state index is -0.792. The summed E-state index contributed by atoms with van der Waals surface area (Å²) in [5.74, 6) is 0.465. The summed E-state index contributed by atoms with van der Waals surface area (Å²) in [6.07, 6.45) is -0.792. The third-order valence-electron chi connectivity index (χ3n) is 5.42. The Kier molecular flexibility index (Phi) is 3.98. The average Bonchev–Trinajstić information content (AvgIpc) is 3.12. The smallest absolute Gasteiger partial charge is 0.236 e. The molecular weight excluding hydrogens is 362 g/mol. The van der Waals surface area contributed by atoms with Gasteiger partial charge in [0.05, 0.1) is 5.56 Å². The van der Waals surface area contributed by atoms with Crippen molar-refractivity contribution in [2.24, 2.45) is 0 Å². The average molecular weight is 381 g/mol. The number of Topliss-reactive ketones (excluding diaryl/α,β-unsaturated/α-hetero) is 1. The molecule has 0 radical (unpaired) electrons. The predicted molar refractivity (Wildman–Crippen MR) is 115 cm³/mol. The van der Waals surface area contributed by atoms with Crippen molar-refractivity contribution in [1.29, 1.82) is 0 Å². The van der Waals surface area contributed by atoms with Gasteiger partial charge in [0.15, 0.2) is 0 Å². The van der Waals surface area contributed by atoms with Crippen LogP contribution in [-0.4, -0.2) is 24.2 Å². The number of aromatic hydroxyl groups is 1. The number of likely N-dealkylation sites (N-methyl/N-ethyl adjacent to an activating group) is 1. The third-order valence-corrected chi connectivity index (χ3v) is 5.42. The van der Waals surface area contributed by atoms with Crippen LogP contribution < -0.4 is 9.64 Å². The number of anilines is 1. The number of fused-ring (bicyclic) bond motifs is 3. The van der Waals surface area contributed by atoms with Crippen LogP contribution in [0.3, 0.4) is 0 Å². The molecule has 1 aliphatic rings. The molecule has 0 aromatic heterocycles. The lowest BCUT2D eigenvalue weighted by atomic mass is 9.91. The first-order valence-corrected chi connectivity index (χ1v) is 9.48. The molecule has 5 rings (SSSR count). The van der Waals surface area contributed by atoms with Gasteiger partial charge in [-0.25, -0.2) is 0 Å². The third kappa shape index (κ3) is 2.64. The van der Waals surface area contributed by atoms with Crippen LogP contribution in [0.15, 0.2) is 84.9 Å². The van der Waals surface area contributed by atoms with Crippen LogP contribution >= 0.6 is 0 Å². The van der Waals surface area contributed by atoms with Crippen molar-refractivity contribution in [3.8, 4) is 22.6 Å². The largest absolute Gasteiger partial charge is 0.507 e.